The van der Waals surface area contributed by atoms with Gasteiger partial charge in [-0.3, -0.25) is 0 Å². The number of rotatable bonds is 4. The van der Waals surface area contributed by atoms with Gasteiger partial charge in [0, 0.05) is 6.54 Å². The Balaban J connectivity index is 2.50. The van der Waals surface area contributed by atoms with Gasteiger partial charge in [0.25, 0.3) is 0 Å². The molecule has 0 fully saturated rings. The highest BCUT2D eigenvalue weighted by molar-refractivity contribution is 5.53. The summed E-state index contributed by atoms with van der Waals surface area (Å²) in [6.45, 7) is 4.44. The Morgan fingerprint density at radius 1 is 1.44 bits per heavy atom. The number of nitrogens with two attached hydrogens (primary N) is 1. The molecule has 0 spiro atoms. The van der Waals surface area contributed by atoms with Crippen LogP contribution >= 0.6 is 0 Å². The molecule has 0 aromatic carbocycles. The van der Waals surface area contributed by atoms with E-state index in [0.717, 1.165) is 18.7 Å². The minimum atomic E-state index is -0.539. The van der Waals surface area contributed by atoms with Crippen LogP contribution in [0.4, 0.5) is 10.2 Å². The molecule has 0 atom stereocenters. The zero-order valence-electron chi connectivity index (χ0n) is 10.3. The molecule has 0 bridgehead atoms. The van der Waals surface area contributed by atoms with Gasteiger partial charge in [0.1, 0.15) is 5.69 Å². The average Bonchev–Trinajstić information content (AvgIpc) is 2.81. The van der Waals surface area contributed by atoms with Gasteiger partial charge in [-0.25, -0.2) is 25.2 Å². The van der Waals surface area contributed by atoms with Crippen molar-refractivity contribution in [1.29, 1.82) is 0 Å². The van der Waals surface area contributed by atoms with Crippen LogP contribution in [0.1, 0.15) is 19.0 Å². The zero-order chi connectivity index (χ0) is 13.1. The number of anilines is 1. The van der Waals surface area contributed by atoms with E-state index in [1.807, 2.05) is 4.57 Å². The number of halogens is 1. The van der Waals surface area contributed by atoms with Crippen molar-refractivity contribution in [3.63, 3.8) is 0 Å². The summed E-state index contributed by atoms with van der Waals surface area (Å²) in [7, 11) is 0. The number of hydrogen-bond donors (Lipinski definition) is 2. The molecular weight excluding hydrogens is 235 g/mol. The van der Waals surface area contributed by atoms with E-state index in [1.54, 1.807) is 19.4 Å². The molecule has 96 valence electrons. The lowest BCUT2D eigenvalue weighted by Gasteiger charge is -2.09. The largest absolute Gasteiger partial charge is 0.328 e. The Labute approximate surface area is 104 Å². The Morgan fingerprint density at radius 3 is 2.89 bits per heavy atom. The van der Waals surface area contributed by atoms with Crippen molar-refractivity contribution in [2.45, 2.75) is 26.8 Å². The first-order chi connectivity index (χ1) is 8.67. The highest BCUT2D eigenvalue weighted by Gasteiger charge is 2.14. The van der Waals surface area contributed by atoms with Gasteiger partial charge in [-0.2, -0.15) is 0 Å². The second-order valence-electron chi connectivity index (χ2n) is 3.91. The normalized spacial score (nSPS) is 10.7. The van der Waals surface area contributed by atoms with E-state index >= 15 is 0 Å². The van der Waals surface area contributed by atoms with Crippen molar-refractivity contribution in [1.82, 2.24) is 19.5 Å². The van der Waals surface area contributed by atoms with Crippen LogP contribution in [0.2, 0.25) is 0 Å². The van der Waals surface area contributed by atoms with E-state index in [-0.39, 0.29) is 11.5 Å². The van der Waals surface area contributed by atoms with Crippen LogP contribution in [0.3, 0.4) is 0 Å². The minimum absolute atomic E-state index is 0.0123. The third kappa shape index (κ3) is 2.17. The van der Waals surface area contributed by atoms with Gasteiger partial charge < -0.3 is 9.99 Å². The molecule has 0 amide bonds. The Kier molecular flexibility index (Phi) is 3.52. The topological polar surface area (TPSA) is 81.7 Å². The highest BCUT2D eigenvalue weighted by atomic mass is 19.1. The Hall–Kier alpha value is -2.02. The molecule has 0 aliphatic carbocycles. The molecule has 0 radical (unpaired) electrons. The lowest BCUT2D eigenvalue weighted by atomic mass is 10.3. The molecule has 3 N–H and O–H groups in total. The van der Waals surface area contributed by atoms with Crippen molar-refractivity contribution < 1.29 is 4.39 Å². The van der Waals surface area contributed by atoms with Crippen molar-refractivity contribution in [3.8, 4) is 11.5 Å². The average molecular weight is 250 g/mol. The summed E-state index contributed by atoms with van der Waals surface area (Å²) in [5, 5.41) is 0. The molecule has 0 aliphatic rings. The maximum absolute atomic E-state index is 13.6. The van der Waals surface area contributed by atoms with E-state index in [0.29, 0.717) is 5.82 Å². The predicted molar refractivity (Wildman–Crippen MR) is 66.0 cm³/mol. The molecule has 18 heavy (non-hydrogen) atoms. The Bertz CT molecular complexity index is 550. The molecule has 6 nitrogen and oxygen atoms in total. The first-order valence-corrected chi connectivity index (χ1v) is 5.68. The molecule has 0 saturated carbocycles. The van der Waals surface area contributed by atoms with E-state index < -0.39 is 5.82 Å². The summed E-state index contributed by atoms with van der Waals surface area (Å²) in [6.07, 6.45) is 4.32. The van der Waals surface area contributed by atoms with Crippen molar-refractivity contribution in [2.24, 2.45) is 5.84 Å². The van der Waals surface area contributed by atoms with Gasteiger partial charge in [-0.1, -0.05) is 6.92 Å². The quantitative estimate of drug-likeness (QED) is 0.634. The number of nitrogen functional groups attached to an aromatic ring is 1. The summed E-state index contributed by atoms with van der Waals surface area (Å²) in [5.74, 6) is 5.09. The van der Waals surface area contributed by atoms with Crippen LogP contribution in [0.15, 0.2) is 12.5 Å². The summed E-state index contributed by atoms with van der Waals surface area (Å²) in [5.41, 5.74) is 3.23. The fourth-order valence-corrected chi connectivity index (χ4v) is 1.70. The fraction of sp³-hybridized carbons (Fsp3) is 0.364. The third-order valence-corrected chi connectivity index (χ3v) is 2.56. The highest BCUT2D eigenvalue weighted by Crippen LogP contribution is 2.20. The van der Waals surface area contributed by atoms with Gasteiger partial charge >= 0.3 is 0 Å². The lowest BCUT2D eigenvalue weighted by molar-refractivity contribution is 0.605. The van der Waals surface area contributed by atoms with E-state index in [9.17, 15) is 4.39 Å². The number of nitrogens with one attached hydrogen (secondary N) is 1. The predicted octanol–water partition coefficient (Wildman–Crippen LogP) is 1.48. The molecule has 2 heterocycles. The zero-order valence-corrected chi connectivity index (χ0v) is 10.3. The van der Waals surface area contributed by atoms with Crippen LogP contribution in [-0.4, -0.2) is 19.5 Å². The monoisotopic (exact) mass is 250 g/mol. The first kappa shape index (κ1) is 12.4. The first-order valence-electron chi connectivity index (χ1n) is 5.68. The van der Waals surface area contributed by atoms with Crippen molar-refractivity contribution in [2.75, 3.05) is 5.43 Å². The maximum atomic E-state index is 13.6. The number of imidazole rings is 1. The molecule has 7 heteroatoms. The van der Waals surface area contributed by atoms with Crippen LogP contribution in [0.25, 0.3) is 11.5 Å². The molecule has 2 aromatic heterocycles. The number of hydrogen-bond acceptors (Lipinski definition) is 5. The second kappa shape index (κ2) is 5.09. The van der Waals surface area contributed by atoms with Gasteiger partial charge in [-0.05, 0) is 13.3 Å². The van der Waals surface area contributed by atoms with Crippen LogP contribution in [-0.2, 0) is 6.54 Å². The molecule has 2 aromatic rings. The SMILES string of the molecule is CCCn1cncc1-c1nc(C)c(F)c(NN)n1. The summed E-state index contributed by atoms with van der Waals surface area (Å²) in [6, 6.07) is 0. The number of hydrazine groups is 1. The molecule has 2 rings (SSSR count). The van der Waals surface area contributed by atoms with E-state index in [2.05, 4.69) is 27.3 Å². The molecular formula is C11H15FN6. The molecule has 0 unspecified atom stereocenters. The lowest BCUT2D eigenvalue weighted by Crippen LogP contribution is -2.13. The number of aromatic nitrogens is 4. The summed E-state index contributed by atoms with van der Waals surface area (Å²) >= 11 is 0. The summed E-state index contributed by atoms with van der Waals surface area (Å²) < 4.78 is 15.5. The third-order valence-electron chi connectivity index (χ3n) is 2.56. The molecule has 0 aliphatic heterocycles. The van der Waals surface area contributed by atoms with Crippen molar-refractivity contribution in [3.05, 3.63) is 24.0 Å². The van der Waals surface area contributed by atoms with Crippen LogP contribution in [0, 0.1) is 12.7 Å². The smallest absolute Gasteiger partial charge is 0.187 e. The minimum Gasteiger partial charge on any atom is -0.328 e. The van der Waals surface area contributed by atoms with Crippen LogP contribution < -0.4 is 11.3 Å². The second-order valence-corrected chi connectivity index (χ2v) is 3.91. The standard InChI is InChI=1S/C11H15FN6/c1-3-4-18-6-14-5-8(18)10-15-7(2)9(12)11(16-10)17-13/h5-6H,3-4,13H2,1-2H3,(H,15,16,17). The fourth-order valence-electron chi connectivity index (χ4n) is 1.70. The number of aryl methyl sites for hydroxylation is 2. The van der Waals surface area contributed by atoms with E-state index in [4.69, 9.17) is 5.84 Å². The summed E-state index contributed by atoms with van der Waals surface area (Å²) in [4.78, 5) is 12.2. The van der Waals surface area contributed by atoms with Gasteiger partial charge in [0.15, 0.2) is 17.5 Å². The number of nitrogens with zero attached hydrogens (tertiary/aromatic N) is 4. The van der Waals surface area contributed by atoms with Gasteiger partial charge in [0.05, 0.1) is 18.2 Å². The van der Waals surface area contributed by atoms with Crippen molar-refractivity contribution >= 4 is 5.82 Å². The Morgan fingerprint density at radius 2 is 2.22 bits per heavy atom. The van der Waals surface area contributed by atoms with Gasteiger partial charge in [-0.15, -0.1) is 0 Å². The maximum Gasteiger partial charge on any atom is 0.187 e. The van der Waals surface area contributed by atoms with E-state index in [1.165, 1.54) is 0 Å². The van der Waals surface area contributed by atoms with Gasteiger partial charge in [0.2, 0.25) is 0 Å². The molecule has 0 saturated heterocycles. The van der Waals surface area contributed by atoms with Crippen LogP contribution in [0.5, 0.6) is 0 Å².